The van der Waals surface area contributed by atoms with E-state index in [1.807, 2.05) is 6.92 Å². The number of nitrogens with one attached hydrogen (secondary N) is 2. The molecule has 3 aromatic rings. The highest BCUT2D eigenvalue weighted by Crippen LogP contribution is 2.39. The molecule has 0 aromatic heterocycles. The van der Waals surface area contributed by atoms with Gasteiger partial charge >= 0.3 is 6.09 Å². The minimum Gasteiger partial charge on any atom is -0.506 e. The molecule has 0 saturated heterocycles. The number of phenols is 1. The molecule has 11 heteroatoms. The minimum atomic E-state index is -1.01. The van der Waals surface area contributed by atoms with Gasteiger partial charge in [0.1, 0.15) is 5.75 Å². The molecule has 2 amide bonds. The summed E-state index contributed by atoms with van der Waals surface area (Å²) in [7, 11) is 0. The molecule has 0 aliphatic heterocycles. The highest BCUT2D eigenvalue weighted by molar-refractivity contribution is 9.11. The fourth-order valence-electron chi connectivity index (χ4n) is 3.97. The number of hydrogen-bond acceptors (Lipinski definition) is 7. The first kappa shape index (κ1) is 31.9. The van der Waals surface area contributed by atoms with E-state index in [1.165, 1.54) is 13.0 Å². The first-order valence-electron chi connectivity index (χ1n) is 12.8. The van der Waals surface area contributed by atoms with Crippen LogP contribution in [-0.4, -0.2) is 35.6 Å². The van der Waals surface area contributed by atoms with Crippen molar-refractivity contribution >= 4 is 66.7 Å². The molecule has 0 bridgehead atoms. The van der Waals surface area contributed by atoms with Gasteiger partial charge in [-0.3, -0.25) is 14.9 Å². The number of anilines is 3. The van der Waals surface area contributed by atoms with E-state index in [0.29, 0.717) is 56.6 Å². The van der Waals surface area contributed by atoms with Crippen LogP contribution in [0.2, 0.25) is 0 Å². The number of allylic oxidation sites excluding steroid dienone is 1. The Morgan fingerprint density at radius 3 is 2.41 bits per heavy atom. The maximum Gasteiger partial charge on any atom is 0.412 e. The number of benzene rings is 3. The number of nitrogen functional groups attached to an aromatic ring is 1. The summed E-state index contributed by atoms with van der Waals surface area (Å²) >= 11 is 6.76. The number of aromatic hydroxyl groups is 1. The van der Waals surface area contributed by atoms with Crippen molar-refractivity contribution in [3.8, 4) is 5.75 Å². The maximum atomic E-state index is 13.0. The quantitative estimate of drug-likeness (QED) is 0.0885. The summed E-state index contributed by atoms with van der Waals surface area (Å²) in [5.74, 6) is -0.533. The summed E-state index contributed by atoms with van der Waals surface area (Å²) in [6.45, 7) is 3.58. The van der Waals surface area contributed by atoms with Gasteiger partial charge in [0.15, 0.2) is 11.9 Å². The Hall–Kier alpha value is -3.67. The number of rotatable bonds is 12. The highest BCUT2D eigenvalue weighted by Gasteiger charge is 2.31. The molecule has 0 aliphatic rings. The van der Waals surface area contributed by atoms with Crippen LogP contribution in [0, 0.1) is 0 Å². The second kappa shape index (κ2) is 15.4. The maximum absolute atomic E-state index is 13.0. The Morgan fingerprint density at radius 1 is 1.05 bits per heavy atom. The summed E-state index contributed by atoms with van der Waals surface area (Å²) in [6, 6.07) is 16.7. The predicted octanol–water partition coefficient (Wildman–Crippen LogP) is 7.37. The fraction of sp³-hybridized carbons (Fsp3) is 0.233. The smallest absolute Gasteiger partial charge is 0.412 e. The van der Waals surface area contributed by atoms with Crippen LogP contribution in [0.4, 0.5) is 21.9 Å². The zero-order valence-electron chi connectivity index (χ0n) is 22.5. The normalized spacial score (nSPS) is 12.5. The Balaban J connectivity index is 1.77. The second-order valence-electron chi connectivity index (χ2n) is 8.96. The van der Waals surface area contributed by atoms with E-state index in [9.17, 15) is 19.5 Å². The summed E-state index contributed by atoms with van der Waals surface area (Å²) < 4.78 is 12.9. The lowest BCUT2D eigenvalue weighted by molar-refractivity contribution is -0.111. The molecule has 3 aromatic carbocycles. The van der Waals surface area contributed by atoms with Crippen LogP contribution in [0.1, 0.15) is 48.7 Å². The molecule has 0 fully saturated rings. The lowest BCUT2D eigenvalue weighted by Gasteiger charge is -2.28. The van der Waals surface area contributed by atoms with E-state index >= 15 is 0 Å². The number of nitrogens with two attached hydrogens (primary N) is 1. The van der Waals surface area contributed by atoms with Crippen molar-refractivity contribution in [3.63, 3.8) is 0 Å². The zero-order chi connectivity index (χ0) is 29.9. The Labute approximate surface area is 255 Å². The van der Waals surface area contributed by atoms with Crippen molar-refractivity contribution in [1.29, 1.82) is 0 Å². The molecule has 0 heterocycles. The number of para-hydroxylation sites is 2. The van der Waals surface area contributed by atoms with E-state index in [2.05, 4.69) is 42.5 Å². The molecule has 216 valence electrons. The Kier molecular flexibility index (Phi) is 11.9. The van der Waals surface area contributed by atoms with Crippen LogP contribution in [0.5, 0.6) is 5.75 Å². The Morgan fingerprint density at radius 2 is 1.76 bits per heavy atom. The van der Waals surface area contributed by atoms with Gasteiger partial charge in [-0.25, -0.2) is 4.79 Å². The zero-order valence-corrected chi connectivity index (χ0v) is 25.7. The number of Topliss-reactive ketones (excluding diaryl/α,β-unsaturated/α-hetero) is 1. The molecule has 0 unspecified atom stereocenters. The van der Waals surface area contributed by atoms with E-state index in [1.54, 1.807) is 66.7 Å². The van der Waals surface area contributed by atoms with Crippen LogP contribution in [-0.2, 0) is 14.3 Å². The number of amides is 2. The van der Waals surface area contributed by atoms with Gasteiger partial charge in [-0.1, -0.05) is 34.1 Å². The third kappa shape index (κ3) is 9.44. The van der Waals surface area contributed by atoms with Crippen molar-refractivity contribution in [3.05, 3.63) is 92.9 Å². The van der Waals surface area contributed by atoms with Gasteiger partial charge in [0, 0.05) is 27.9 Å². The van der Waals surface area contributed by atoms with Crippen molar-refractivity contribution < 1.29 is 29.0 Å². The van der Waals surface area contributed by atoms with Gasteiger partial charge in [0.25, 0.3) is 0 Å². The van der Waals surface area contributed by atoms with Crippen molar-refractivity contribution in [2.75, 3.05) is 23.0 Å². The van der Waals surface area contributed by atoms with Gasteiger partial charge in [-0.2, -0.15) is 0 Å². The molecule has 2 atom stereocenters. The van der Waals surface area contributed by atoms with E-state index in [0.717, 1.165) is 0 Å². The molecule has 3 rings (SSSR count). The van der Waals surface area contributed by atoms with Crippen molar-refractivity contribution in [2.24, 2.45) is 0 Å². The van der Waals surface area contributed by atoms with E-state index in [4.69, 9.17) is 15.2 Å². The second-order valence-corrected chi connectivity index (χ2v) is 10.7. The molecular weight excluding hydrogens is 658 g/mol. The van der Waals surface area contributed by atoms with Gasteiger partial charge in [-0.05, 0) is 97.2 Å². The van der Waals surface area contributed by atoms with Crippen LogP contribution in [0.15, 0.2) is 81.8 Å². The number of carbonyl (C=O) groups is 3. The third-order valence-electron chi connectivity index (χ3n) is 5.96. The van der Waals surface area contributed by atoms with Crippen molar-refractivity contribution in [1.82, 2.24) is 0 Å². The summed E-state index contributed by atoms with van der Waals surface area (Å²) in [5, 5.41) is 16.2. The molecular formula is C30H31Br2N3O6. The average Bonchev–Trinajstić information content (AvgIpc) is 2.93. The number of ether oxygens (including phenoxy) is 2. The van der Waals surface area contributed by atoms with Crippen LogP contribution in [0.25, 0.3) is 0 Å². The number of carbonyl (C=O) groups excluding carboxylic acids is 3. The third-order valence-corrected chi connectivity index (χ3v) is 7.02. The highest BCUT2D eigenvalue weighted by atomic mass is 79.9. The van der Waals surface area contributed by atoms with E-state index < -0.39 is 18.3 Å². The summed E-state index contributed by atoms with van der Waals surface area (Å²) in [4.78, 5) is 36.9. The molecule has 0 aliphatic carbocycles. The number of ketones is 1. The van der Waals surface area contributed by atoms with Crippen molar-refractivity contribution in [2.45, 2.75) is 38.9 Å². The number of phenolic OH excluding ortho intramolecular Hbond substituents is 1. The van der Waals surface area contributed by atoms with Crippen LogP contribution >= 0.6 is 31.9 Å². The van der Waals surface area contributed by atoms with E-state index in [-0.39, 0.29) is 17.4 Å². The lowest BCUT2D eigenvalue weighted by Crippen LogP contribution is -2.29. The molecule has 0 saturated carbocycles. The topological polar surface area (TPSA) is 140 Å². The largest absolute Gasteiger partial charge is 0.506 e. The Bertz CT molecular complexity index is 1410. The van der Waals surface area contributed by atoms with Gasteiger partial charge in [0.05, 0.1) is 22.0 Å². The number of halogens is 2. The van der Waals surface area contributed by atoms with Gasteiger partial charge < -0.3 is 25.6 Å². The predicted molar refractivity (Wildman–Crippen MR) is 166 cm³/mol. The summed E-state index contributed by atoms with van der Waals surface area (Å²) in [5.41, 5.74) is 8.12. The lowest BCUT2D eigenvalue weighted by atomic mass is 9.99. The molecule has 5 N–H and O–H groups in total. The molecule has 0 spiro atoms. The first-order chi connectivity index (χ1) is 19.6. The minimum absolute atomic E-state index is 0.0924. The molecule has 0 radical (unpaired) electrons. The van der Waals surface area contributed by atoms with Crippen LogP contribution < -0.4 is 16.4 Å². The first-order valence-corrected chi connectivity index (χ1v) is 14.4. The molecule has 9 nitrogen and oxygen atoms in total. The average molecular weight is 689 g/mol. The summed E-state index contributed by atoms with van der Waals surface area (Å²) in [6.07, 6.45) is 1.40. The molecule has 41 heavy (non-hydrogen) atoms. The van der Waals surface area contributed by atoms with Gasteiger partial charge in [0.2, 0.25) is 5.91 Å². The monoisotopic (exact) mass is 687 g/mol. The SMILES string of the molecule is CCO[C@@H](CC/C=C/C(=O)Nc1ccccc1N)[C@@H](OC(=O)Nc1ccc(C(C)=O)cc1)c1cc(Br)cc(Br)c1O. The van der Waals surface area contributed by atoms with Crippen LogP contribution in [0.3, 0.4) is 0 Å². The fourth-order valence-corrected chi connectivity index (χ4v) is 5.22. The standard InChI is InChI=1S/C30H31Br2N3O6/c1-3-40-26(10-6-7-11-27(37)35-25-9-5-4-8-24(25)33)29(22-16-20(31)17-23(32)28(22)38)41-30(39)34-21-14-12-19(13-15-21)18(2)36/h4-5,7-9,11-17,26,29,38H,3,6,10,33H2,1-2H3,(H,34,39)(H,35,37)/b11-7+/t26-,29-/m0/s1. The number of hydrogen-bond donors (Lipinski definition) is 4. The van der Waals surface area contributed by atoms with Gasteiger partial charge in [-0.15, -0.1) is 0 Å².